The Hall–Kier alpha value is -0.0400. The van der Waals surface area contributed by atoms with Crippen molar-refractivity contribution in [3.05, 3.63) is 0 Å². The van der Waals surface area contributed by atoms with E-state index in [1.54, 1.807) is 0 Å². The monoisotopic (exact) mass is 170 g/mol. The molecule has 1 heteroatoms. The van der Waals surface area contributed by atoms with Crippen molar-refractivity contribution in [3.8, 4) is 0 Å². The molecule has 72 valence electrons. The van der Waals surface area contributed by atoms with Crippen molar-refractivity contribution in [1.82, 2.24) is 0 Å². The summed E-state index contributed by atoms with van der Waals surface area (Å²) in [5, 5.41) is 0. The Kier molecular flexibility index (Phi) is 3.16. The van der Waals surface area contributed by atoms with E-state index in [9.17, 15) is 0 Å². The van der Waals surface area contributed by atoms with Gasteiger partial charge in [-0.2, -0.15) is 0 Å². The van der Waals surface area contributed by atoms with Crippen LogP contribution in [0, 0.1) is 11.3 Å². The first-order valence-corrected chi connectivity index (χ1v) is 5.16. The predicted molar refractivity (Wildman–Crippen MR) is 52.2 cm³/mol. The zero-order chi connectivity index (χ0) is 9.19. The molecule has 1 rings (SSSR count). The van der Waals surface area contributed by atoms with Crippen molar-refractivity contribution >= 4 is 0 Å². The molecule has 1 fully saturated rings. The van der Waals surface area contributed by atoms with E-state index < -0.39 is 0 Å². The third-order valence-electron chi connectivity index (χ3n) is 3.50. The highest BCUT2D eigenvalue weighted by Crippen LogP contribution is 2.36. The van der Waals surface area contributed by atoms with Gasteiger partial charge in [0.1, 0.15) is 0 Å². The topological polar surface area (TPSA) is 9.23 Å². The maximum atomic E-state index is 5.80. The van der Waals surface area contributed by atoms with Gasteiger partial charge in [-0.15, -0.1) is 0 Å². The van der Waals surface area contributed by atoms with Gasteiger partial charge >= 0.3 is 0 Å². The van der Waals surface area contributed by atoms with E-state index in [1.165, 1.54) is 19.3 Å². The summed E-state index contributed by atoms with van der Waals surface area (Å²) in [4.78, 5) is 0. The van der Waals surface area contributed by atoms with Gasteiger partial charge in [-0.1, -0.05) is 27.7 Å². The average Bonchev–Trinajstić information content (AvgIpc) is 2.06. The zero-order valence-corrected chi connectivity index (χ0v) is 8.89. The van der Waals surface area contributed by atoms with Crippen LogP contribution in [-0.4, -0.2) is 12.7 Å². The number of ether oxygens (including phenoxy) is 1. The molecule has 0 N–H and O–H groups in total. The van der Waals surface area contributed by atoms with Gasteiger partial charge in [-0.05, 0) is 30.6 Å². The summed E-state index contributed by atoms with van der Waals surface area (Å²) in [5.74, 6) is 0.709. The Morgan fingerprint density at radius 2 is 1.92 bits per heavy atom. The molecular formula is C11H22O. The van der Waals surface area contributed by atoms with Crippen LogP contribution >= 0.6 is 0 Å². The first-order chi connectivity index (χ1) is 5.55. The van der Waals surface area contributed by atoms with Crippen molar-refractivity contribution in [2.75, 3.05) is 6.61 Å². The number of hydrogen-bond donors (Lipinski definition) is 0. The summed E-state index contributed by atoms with van der Waals surface area (Å²) in [6.45, 7) is 10.2. The van der Waals surface area contributed by atoms with Crippen molar-refractivity contribution in [1.29, 1.82) is 0 Å². The van der Waals surface area contributed by atoms with Crippen LogP contribution in [0.2, 0.25) is 0 Å². The summed E-state index contributed by atoms with van der Waals surface area (Å²) >= 11 is 0. The minimum atomic E-state index is 0.348. The van der Waals surface area contributed by atoms with Crippen LogP contribution in [0.5, 0.6) is 0 Å². The van der Waals surface area contributed by atoms with E-state index in [-0.39, 0.29) is 0 Å². The van der Waals surface area contributed by atoms with Gasteiger partial charge in [0.15, 0.2) is 0 Å². The molecule has 0 aliphatic carbocycles. The second-order valence-corrected chi connectivity index (χ2v) is 4.83. The highest BCUT2D eigenvalue weighted by molar-refractivity contribution is 4.83. The fourth-order valence-corrected chi connectivity index (χ4v) is 1.70. The predicted octanol–water partition coefficient (Wildman–Crippen LogP) is 3.24. The molecule has 0 amide bonds. The van der Waals surface area contributed by atoms with Crippen LogP contribution in [0.3, 0.4) is 0 Å². The van der Waals surface area contributed by atoms with E-state index in [2.05, 4.69) is 27.7 Å². The van der Waals surface area contributed by atoms with Crippen LogP contribution < -0.4 is 0 Å². The van der Waals surface area contributed by atoms with E-state index in [1.807, 2.05) is 0 Å². The molecule has 1 atom stereocenters. The molecule has 0 radical (unpaired) electrons. The Morgan fingerprint density at radius 3 is 2.33 bits per heavy atom. The number of rotatable bonds is 2. The molecule has 12 heavy (non-hydrogen) atoms. The quantitative estimate of drug-likeness (QED) is 0.618. The Balaban J connectivity index is 2.53. The molecule has 1 aliphatic rings. The van der Waals surface area contributed by atoms with Crippen LogP contribution in [0.1, 0.15) is 47.0 Å². The zero-order valence-electron chi connectivity index (χ0n) is 8.89. The Morgan fingerprint density at radius 1 is 1.25 bits per heavy atom. The molecule has 1 nitrogen and oxygen atoms in total. The van der Waals surface area contributed by atoms with Gasteiger partial charge in [-0.3, -0.25) is 0 Å². The smallest absolute Gasteiger partial charge is 0.0628 e. The molecule has 1 aliphatic heterocycles. The Labute approximate surface area is 76.5 Å². The third kappa shape index (κ3) is 2.01. The van der Waals surface area contributed by atoms with Crippen LogP contribution in [0.4, 0.5) is 0 Å². The second kappa shape index (κ2) is 3.78. The van der Waals surface area contributed by atoms with Crippen molar-refractivity contribution in [2.45, 2.75) is 53.1 Å². The van der Waals surface area contributed by atoms with E-state index in [4.69, 9.17) is 4.74 Å². The second-order valence-electron chi connectivity index (χ2n) is 4.83. The highest BCUT2D eigenvalue weighted by Gasteiger charge is 2.34. The third-order valence-corrected chi connectivity index (χ3v) is 3.50. The molecule has 0 aromatic heterocycles. The molecular weight excluding hydrogens is 148 g/mol. The molecule has 0 aromatic rings. The summed E-state index contributed by atoms with van der Waals surface area (Å²) in [5.41, 5.74) is 0.348. The minimum absolute atomic E-state index is 0.348. The van der Waals surface area contributed by atoms with Gasteiger partial charge in [0.2, 0.25) is 0 Å². The lowest BCUT2D eigenvalue weighted by Gasteiger charge is -2.39. The molecule has 0 bridgehead atoms. The molecule has 0 aromatic carbocycles. The fraction of sp³-hybridized carbons (Fsp3) is 1.00. The summed E-state index contributed by atoms with van der Waals surface area (Å²) in [6, 6.07) is 0. The van der Waals surface area contributed by atoms with Gasteiger partial charge in [-0.25, -0.2) is 0 Å². The molecule has 1 heterocycles. The van der Waals surface area contributed by atoms with E-state index in [0.717, 1.165) is 6.61 Å². The Bertz CT molecular complexity index is 132. The van der Waals surface area contributed by atoms with Crippen molar-refractivity contribution in [3.63, 3.8) is 0 Å². The van der Waals surface area contributed by atoms with Crippen LogP contribution in [0.15, 0.2) is 0 Å². The average molecular weight is 170 g/mol. The van der Waals surface area contributed by atoms with Crippen LogP contribution in [-0.2, 0) is 4.74 Å². The summed E-state index contributed by atoms with van der Waals surface area (Å²) in [7, 11) is 0. The lowest BCUT2D eigenvalue weighted by atomic mass is 9.74. The van der Waals surface area contributed by atoms with Gasteiger partial charge in [0.25, 0.3) is 0 Å². The highest BCUT2D eigenvalue weighted by atomic mass is 16.5. The summed E-state index contributed by atoms with van der Waals surface area (Å²) < 4.78 is 5.80. The standard InChI is InChI=1S/C11H22O/c1-9(2)11(3,4)10-7-5-6-8-12-10/h9-10H,5-8H2,1-4H3. The fourth-order valence-electron chi connectivity index (χ4n) is 1.70. The molecule has 1 unspecified atom stereocenters. The van der Waals surface area contributed by atoms with Crippen molar-refractivity contribution < 1.29 is 4.74 Å². The maximum Gasteiger partial charge on any atom is 0.0628 e. The van der Waals surface area contributed by atoms with Crippen molar-refractivity contribution in [2.24, 2.45) is 11.3 Å². The first-order valence-electron chi connectivity index (χ1n) is 5.16. The largest absolute Gasteiger partial charge is 0.378 e. The SMILES string of the molecule is CC(C)C(C)(C)C1CCCCO1. The van der Waals surface area contributed by atoms with E-state index in [0.29, 0.717) is 17.4 Å². The lowest BCUT2D eigenvalue weighted by Crippen LogP contribution is -2.38. The van der Waals surface area contributed by atoms with E-state index >= 15 is 0 Å². The van der Waals surface area contributed by atoms with Gasteiger partial charge in [0, 0.05) is 6.61 Å². The molecule has 0 saturated carbocycles. The normalized spacial score (nSPS) is 26.2. The lowest BCUT2D eigenvalue weighted by molar-refractivity contribution is -0.0723. The summed E-state index contributed by atoms with van der Waals surface area (Å²) in [6.07, 6.45) is 4.35. The van der Waals surface area contributed by atoms with Crippen LogP contribution in [0.25, 0.3) is 0 Å². The molecule has 0 spiro atoms. The molecule has 1 saturated heterocycles. The first kappa shape index (κ1) is 10.0. The van der Waals surface area contributed by atoms with Gasteiger partial charge < -0.3 is 4.74 Å². The number of hydrogen-bond acceptors (Lipinski definition) is 1. The minimum Gasteiger partial charge on any atom is -0.378 e. The maximum absolute atomic E-state index is 5.80. The van der Waals surface area contributed by atoms with Gasteiger partial charge in [0.05, 0.1) is 6.10 Å².